The number of nitrogens with zero attached hydrogens (tertiary/aromatic N) is 3. The van der Waals surface area contributed by atoms with Crippen molar-refractivity contribution in [3.63, 3.8) is 0 Å². The van der Waals surface area contributed by atoms with Gasteiger partial charge in [-0.3, -0.25) is 0 Å². The lowest BCUT2D eigenvalue weighted by Gasteiger charge is -2.22. The van der Waals surface area contributed by atoms with Crippen LogP contribution in [0.3, 0.4) is 0 Å². The minimum absolute atomic E-state index is 0.204. The van der Waals surface area contributed by atoms with Crippen molar-refractivity contribution in [2.24, 2.45) is 5.11 Å². The number of hydrogen-bond acceptors (Lipinski definition) is 6. The third-order valence-corrected chi connectivity index (χ3v) is 3.81. The molecule has 3 heterocycles. The first-order chi connectivity index (χ1) is 9.76. The molecule has 3 fully saturated rings. The third kappa shape index (κ3) is 2.43. The summed E-state index contributed by atoms with van der Waals surface area (Å²) in [6.45, 7) is 4.43. The number of azide groups is 1. The number of ether oxygens (including phenoxy) is 1. The Balaban J connectivity index is 1.73. The van der Waals surface area contributed by atoms with Crippen LogP contribution in [0, 0.1) is 0 Å². The molecule has 3 aliphatic heterocycles. The molecule has 3 rings (SSSR count). The zero-order valence-corrected chi connectivity index (χ0v) is 11.5. The van der Waals surface area contributed by atoms with Gasteiger partial charge in [0.15, 0.2) is 6.23 Å². The van der Waals surface area contributed by atoms with Crippen molar-refractivity contribution >= 4 is 14.2 Å². The van der Waals surface area contributed by atoms with Gasteiger partial charge in [-0.2, -0.15) is 0 Å². The SMILES string of the molecule is CCB1OCC(C2OC(N=[N+]=[N-])C3OB(CC)OC23)O1. The summed E-state index contributed by atoms with van der Waals surface area (Å²) in [4.78, 5) is 2.81. The molecule has 108 valence electrons. The van der Waals surface area contributed by atoms with E-state index in [0.717, 1.165) is 12.6 Å². The average molecular weight is 281 g/mol. The second-order valence-electron chi connectivity index (χ2n) is 5.08. The van der Waals surface area contributed by atoms with E-state index in [2.05, 4.69) is 10.0 Å². The Kier molecular flexibility index (Phi) is 4.21. The highest BCUT2D eigenvalue weighted by Crippen LogP contribution is 2.37. The van der Waals surface area contributed by atoms with Crippen LogP contribution in [0.4, 0.5) is 0 Å². The maximum atomic E-state index is 8.63. The smallest absolute Gasteiger partial charge is 0.408 e. The molecule has 3 aliphatic rings. The van der Waals surface area contributed by atoms with E-state index in [0.29, 0.717) is 6.61 Å². The molecule has 10 heteroatoms. The predicted octanol–water partition coefficient (Wildman–Crippen LogP) is 1.24. The monoisotopic (exact) mass is 281 g/mol. The fraction of sp³-hybridized carbons (Fsp3) is 1.00. The Hall–Kier alpha value is -0.760. The van der Waals surface area contributed by atoms with E-state index in [1.807, 2.05) is 13.8 Å². The summed E-state index contributed by atoms with van der Waals surface area (Å²) in [5, 5.41) is 3.65. The largest absolute Gasteiger partial charge is 0.457 e. The Bertz CT molecular complexity index is 410. The minimum atomic E-state index is -0.671. The lowest BCUT2D eigenvalue weighted by atomic mass is 9.86. The second-order valence-corrected chi connectivity index (χ2v) is 5.08. The van der Waals surface area contributed by atoms with Crippen LogP contribution in [0.25, 0.3) is 10.4 Å². The normalized spacial score (nSPS) is 40.0. The van der Waals surface area contributed by atoms with Gasteiger partial charge >= 0.3 is 14.2 Å². The van der Waals surface area contributed by atoms with E-state index in [1.165, 1.54) is 0 Å². The molecular weight excluding hydrogens is 264 g/mol. The summed E-state index contributed by atoms with van der Waals surface area (Å²) in [7, 11) is -0.484. The summed E-state index contributed by atoms with van der Waals surface area (Å²) < 4.78 is 28.6. The molecule has 0 aromatic rings. The van der Waals surface area contributed by atoms with Gasteiger partial charge in [0, 0.05) is 4.91 Å². The van der Waals surface area contributed by atoms with E-state index in [-0.39, 0.29) is 38.7 Å². The number of fused-ring (bicyclic) bond motifs is 1. The zero-order chi connectivity index (χ0) is 14.1. The Morgan fingerprint density at radius 1 is 1.10 bits per heavy atom. The first-order valence-corrected chi connectivity index (χ1v) is 7.04. The van der Waals surface area contributed by atoms with Crippen LogP contribution in [0.5, 0.6) is 0 Å². The summed E-state index contributed by atoms with van der Waals surface area (Å²) in [5.41, 5.74) is 8.63. The van der Waals surface area contributed by atoms with Crippen LogP contribution in [0.15, 0.2) is 5.11 Å². The van der Waals surface area contributed by atoms with Gasteiger partial charge in [0.1, 0.15) is 12.2 Å². The molecule has 0 aromatic heterocycles. The number of hydrogen-bond donors (Lipinski definition) is 0. The molecule has 0 saturated carbocycles. The van der Waals surface area contributed by atoms with Crippen molar-refractivity contribution in [1.29, 1.82) is 0 Å². The van der Waals surface area contributed by atoms with E-state index >= 15 is 0 Å². The van der Waals surface area contributed by atoms with E-state index in [1.54, 1.807) is 0 Å². The van der Waals surface area contributed by atoms with Crippen molar-refractivity contribution in [1.82, 2.24) is 0 Å². The molecule has 5 unspecified atom stereocenters. The number of rotatable bonds is 4. The summed E-state index contributed by atoms with van der Waals surface area (Å²) >= 11 is 0. The summed E-state index contributed by atoms with van der Waals surface area (Å²) in [5.74, 6) is 0. The highest BCUT2D eigenvalue weighted by Gasteiger charge is 2.56. The lowest BCUT2D eigenvalue weighted by molar-refractivity contribution is -0.0499. The van der Waals surface area contributed by atoms with E-state index in [9.17, 15) is 0 Å². The quantitative estimate of drug-likeness (QED) is 0.334. The molecule has 20 heavy (non-hydrogen) atoms. The van der Waals surface area contributed by atoms with Crippen molar-refractivity contribution in [2.45, 2.75) is 57.1 Å². The molecule has 0 spiro atoms. The molecule has 0 aliphatic carbocycles. The first kappa shape index (κ1) is 14.2. The van der Waals surface area contributed by atoms with Crippen molar-refractivity contribution in [2.75, 3.05) is 6.61 Å². The second kappa shape index (κ2) is 5.93. The van der Waals surface area contributed by atoms with Crippen LogP contribution in [-0.2, 0) is 23.4 Å². The Labute approximate surface area is 117 Å². The van der Waals surface area contributed by atoms with E-state index in [4.69, 9.17) is 28.9 Å². The van der Waals surface area contributed by atoms with Crippen LogP contribution in [0.1, 0.15) is 13.8 Å². The average Bonchev–Trinajstić information content (AvgIpc) is 3.14. The highest BCUT2D eigenvalue weighted by atomic mass is 16.7. The third-order valence-electron chi connectivity index (χ3n) is 3.81. The van der Waals surface area contributed by atoms with Gasteiger partial charge in [-0.05, 0) is 18.2 Å². The fourth-order valence-corrected chi connectivity index (χ4v) is 2.84. The standard InChI is InChI=1S/C10H17B2N3O5/c1-3-11-16-5-6(18-11)7-8-9(10(17-7)14-15-13)20-12(4-2)19-8/h6-10H,3-5H2,1-2H3. The van der Waals surface area contributed by atoms with Gasteiger partial charge in [0.05, 0.1) is 18.8 Å². The van der Waals surface area contributed by atoms with E-state index < -0.39 is 6.23 Å². The van der Waals surface area contributed by atoms with Crippen LogP contribution in [0.2, 0.25) is 12.6 Å². The topological polar surface area (TPSA) is 94.9 Å². The van der Waals surface area contributed by atoms with Gasteiger partial charge in [0.25, 0.3) is 0 Å². The lowest BCUT2D eigenvalue weighted by Crippen LogP contribution is -2.39. The van der Waals surface area contributed by atoms with Gasteiger partial charge in [0.2, 0.25) is 0 Å². The molecule has 0 bridgehead atoms. The molecule has 0 N–H and O–H groups in total. The molecule has 0 amide bonds. The van der Waals surface area contributed by atoms with Crippen LogP contribution in [-0.4, -0.2) is 51.5 Å². The predicted molar refractivity (Wildman–Crippen MR) is 70.8 cm³/mol. The molecule has 0 aromatic carbocycles. The summed E-state index contributed by atoms with van der Waals surface area (Å²) in [6.07, 6.45) is -0.344. The van der Waals surface area contributed by atoms with Crippen molar-refractivity contribution in [3.05, 3.63) is 10.4 Å². The van der Waals surface area contributed by atoms with Crippen LogP contribution >= 0.6 is 0 Å². The minimum Gasteiger partial charge on any atom is -0.408 e. The maximum Gasteiger partial charge on any atom is 0.457 e. The zero-order valence-electron chi connectivity index (χ0n) is 11.5. The maximum absolute atomic E-state index is 8.63. The highest BCUT2D eigenvalue weighted by molar-refractivity contribution is 6.45. The van der Waals surface area contributed by atoms with Crippen molar-refractivity contribution in [3.8, 4) is 0 Å². The summed E-state index contributed by atoms with van der Waals surface area (Å²) in [6, 6.07) is 0. The van der Waals surface area contributed by atoms with Gasteiger partial charge in [-0.25, -0.2) is 0 Å². The molecular formula is C10H17B2N3O5. The van der Waals surface area contributed by atoms with Crippen molar-refractivity contribution < 1.29 is 23.4 Å². The fourth-order valence-electron chi connectivity index (χ4n) is 2.84. The molecule has 3 saturated heterocycles. The molecule has 8 nitrogen and oxygen atoms in total. The molecule has 5 atom stereocenters. The Morgan fingerprint density at radius 2 is 1.85 bits per heavy atom. The van der Waals surface area contributed by atoms with Gasteiger partial charge in [-0.15, -0.1) is 0 Å². The van der Waals surface area contributed by atoms with Crippen LogP contribution < -0.4 is 0 Å². The van der Waals surface area contributed by atoms with Gasteiger partial charge in [-0.1, -0.05) is 19.0 Å². The Morgan fingerprint density at radius 3 is 2.50 bits per heavy atom. The molecule has 0 radical (unpaired) electrons. The first-order valence-electron chi connectivity index (χ1n) is 7.04. The van der Waals surface area contributed by atoms with Gasteiger partial charge < -0.3 is 23.4 Å².